The van der Waals surface area contributed by atoms with E-state index in [-0.39, 0.29) is 18.7 Å². The van der Waals surface area contributed by atoms with Crippen molar-refractivity contribution in [2.75, 3.05) is 19.0 Å². The third kappa shape index (κ3) is 5.54. The summed E-state index contributed by atoms with van der Waals surface area (Å²) < 4.78 is 18.9. The number of carboxylic acid groups (broad SMARTS) is 1. The molecule has 0 radical (unpaired) electrons. The van der Waals surface area contributed by atoms with Crippen LogP contribution in [0.1, 0.15) is 6.42 Å². The van der Waals surface area contributed by atoms with E-state index in [9.17, 15) is 14.0 Å². The molecule has 0 bridgehead atoms. The highest BCUT2D eigenvalue weighted by Gasteiger charge is 2.14. The van der Waals surface area contributed by atoms with Crippen molar-refractivity contribution in [3.05, 3.63) is 28.5 Å². The standard InChI is InChI=1S/C12H14BrFN2O4/c1-20-8(5-11(17)18)6-15-12(19)16-10-4-7(13)2-3-9(10)14/h2-4,8H,5-6H2,1H3,(H,17,18)(H2,15,16,19). The molecule has 3 N–H and O–H groups in total. The molecule has 110 valence electrons. The van der Waals surface area contributed by atoms with Gasteiger partial charge in [0.2, 0.25) is 0 Å². The number of methoxy groups -OCH3 is 1. The van der Waals surface area contributed by atoms with Gasteiger partial charge in [-0.2, -0.15) is 0 Å². The van der Waals surface area contributed by atoms with Crippen molar-refractivity contribution in [2.24, 2.45) is 0 Å². The van der Waals surface area contributed by atoms with Gasteiger partial charge in [-0.15, -0.1) is 0 Å². The molecule has 0 aliphatic carbocycles. The molecule has 1 atom stereocenters. The van der Waals surface area contributed by atoms with Gasteiger partial charge in [0.05, 0.1) is 18.2 Å². The van der Waals surface area contributed by atoms with E-state index < -0.39 is 23.9 Å². The molecule has 8 heteroatoms. The van der Waals surface area contributed by atoms with Crippen molar-refractivity contribution in [1.82, 2.24) is 5.32 Å². The molecule has 2 amide bonds. The van der Waals surface area contributed by atoms with E-state index in [1.165, 1.54) is 25.3 Å². The van der Waals surface area contributed by atoms with E-state index in [0.717, 1.165) is 0 Å². The van der Waals surface area contributed by atoms with Gasteiger partial charge in [-0.05, 0) is 18.2 Å². The number of ether oxygens (including phenoxy) is 1. The number of hydrogen-bond acceptors (Lipinski definition) is 3. The molecule has 1 rings (SSSR count). The summed E-state index contributed by atoms with van der Waals surface area (Å²) in [5.41, 5.74) is 0.0177. The molecule has 6 nitrogen and oxygen atoms in total. The number of aliphatic carboxylic acids is 1. The lowest BCUT2D eigenvalue weighted by molar-refractivity contribution is -0.139. The second-order valence-electron chi connectivity index (χ2n) is 3.91. The molecule has 0 aliphatic rings. The zero-order valence-corrected chi connectivity index (χ0v) is 12.2. The number of amides is 2. The zero-order valence-electron chi connectivity index (χ0n) is 10.7. The molecule has 0 aromatic heterocycles. The predicted molar refractivity (Wildman–Crippen MR) is 74.2 cm³/mol. The first kappa shape index (κ1) is 16.4. The van der Waals surface area contributed by atoms with Crippen LogP contribution in [-0.2, 0) is 9.53 Å². The average molecular weight is 349 g/mol. The van der Waals surface area contributed by atoms with Gasteiger partial charge in [0.25, 0.3) is 0 Å². The molecule has 20 heavy (non-hydrogen) atoms. The highest BCUT2D eigenvalue weighted by molar-refractivity contribution is 9.10. The minimum Gasteiger partial charge on any atom is -0.481 e. The van der Waals surface area contributed by atoms with Gasteiger partial charge in [-0.3, -0.25) is 4.79 Å². The van der Waals surface area contributed by atoms with Crippen LogP contribution in [0.2, 0.25) is 0 Å². The predicted octanol–water partition coefficient (Wildman–Crippen LogP) is 2.20. The summed E-state index contributed by atoms with van der Waals surface area (Å²) in [7, 11) is 1.35. The van der Waals surface area contributed by atoms with E-state index >= 15 is 0 Å². The Morgan fingerprint density at radius 1 is 1.50 bits per heavy atom. The van der Waals surface area contributed by atoms with Gasteiger partial charge in [0, 0.05) is 18.1 Å². The molecule has 0 heterocycles. The molecule has 1 unspecified atom stereocenters. The van der Waals surface area contributed by atoms with Gasteiger partial charge in [0.1, 0.15) is 5.82 Å². The van der Waals surface area contributed by atoms with Crippen LogP contribution in [0.5, 0.6) is 0 Å². The van der Waals surface area contributed by atoms with Crippen LogP contribution in [0.4, 0.5) is 14.9 Å². The maximum Gasteiger partial charge on any atom is 0.319 e. The van der Waals surface area contributed by atoms with Crippen LogP contribution in [0, 0.1) is 5.82 Å². The van der Waals surface area contributed by atoms with Crippen LogP contribution in [-0.4, -0.2) is 36.9 Å². The van der Waals surface area contributed by atoms with Gasteiger partial charge < -0.3 is 20.5 Å². The summed E-state index contributed by atoms with van der Waals surface area (Å²) in [6.07, 6.45) is -0.882. The number of carbonyl (C=O) groups excluding carboxylic acids is 1. The Bertz CT molecular complexity index is 498. The van der Waals surface area contributed by atoms with E-state index in [4.69, 9.17) is 9.84 Å². The second kappa shape index (κ2) is 7.81. The van der Waals surface area contributed by atoms with Crippen molar-refractivity contribution in [3.63, 3.8) is 0 Å². The molecular formula is C12H14BrFN2O4. The lowest BCUT2D eigenvalue weighted by Gasteiger charge is -2.14. The van der Waals surface area contributed by atoms with Crippen LogP contribution >= 0.6 is 15.9 Å². The fourth-order valence-electron chi connectivity index (χ4n) is 1.40. The lowest BCUT2D eigenvalue weighted by Crippen LogP contribution is -2.37. The molecule has 1 aromatic carbocycles. The summed E-state index contributed by atoms with van der Waals surface area (Å²) >= 11 is 3.16. The van der Waals surface area contributed by atoms with Crippen molar-refractivity contribution in [2.45, 2.75) is 12.5 Å². The number of nitrogens with one attached hydrogen (secondary N) is 2. The average Bonchev–Trinajstić information content (AvgIpc) is 2.38. The summed E-state index contributed by atoms with van der Waals surface area (Å²) in [6, 6.07) is 3.49. The SMILES string of the molecule is COC(CNC(=O)Nc1cc(Br)ccc1F)CC(=O)O. The van der Waals surface area contributed by atoms with Gasteiger partial charge in [-0.1, -0.05) is 15.9 Å². The third-order valence-corrected chi connectivity index (χ3v) is 2.90. The molecule has 0 saturated heterocycles. The number of carbonyl (C=O) groups is 2. The number of hydrogen-bond donors (Lipinski definition) is 3. The largest absolute Gasteiger partial charge is 0.481 e. The monoisotopic (exact) mass is 348 g/mol. The molecule has 0 saturated carbocycles. The summed E-state index contributed by atoms with van der Waals surface area (Å²) in [5, 5.41) is 13.4. The Morgan fingerprint density at radius 2 is 2.20 bits per heavy atom. The first-order chi connectivity index (χ1) is 9.42. The van der Waals surface area contributed by atoms with Crippen molar-refractivity contribution < 1.29 is 23.8 Å². The Balaban J connectivity index is 2.51. The summed E-state index contributed by atoms with van der Waals surface area (Å²) in [4.78, 5) is 22.1. The highest BCUT2D eigenvalue weighted by Crippen LogP contribution is 2.19. The Kier molecular flexibility index (Phi) is 6.40. The fourth-order valence-corrected chi connectivity index (χ4v) is 1.76. The van der Waals surface area contributed by atoms with E-state index in [2.05, 4.69) is 26.6 Å². The van der Waals surface area contributed by atoms with Crippen molar-refractivity contribution in [1.29, 1.82) is 0 Å². The van der Waals surface area contributed by atoms with Crippen LogP contribution in [0.15, 0.2) is 22.7 Å². The van der Waals surface area contributed by atoms with E-state index in [0.29, 0.717) is 4.47 Å². The minimum atomic E-state index is -1.03. The van der Waals surface area contributed by atoms with Gasteiger partial charge in [-0.25, -0.2) is 9.18 Å². The van der Waals surface area contributed by atoms with E-state index in [1.807, 2.05) is 0 Å². The number of rotatable bonds is 6. The van der Waals surface area contributed by atoms with Gasteiger partial charge >= 0.3 is 12.0 Å². The number of halogens is 2. The number of carboxylic acids is 1. The Hall–Kier alpha value is -1.67. The normalized spacial score (nSPS) is 11.8. The van der Waals surface area contributed by atoms with Gasteiger partial charge in [0.15, 0.2) is 0 Å². The van der Waals surface area contributed by atoms with Crippen molar-refractivity contribution >= 4 is 33.6 Å². The molecule has 0 aliphatic heterocycles. The maximum atomic E-state index is 13.4. The summed E-state index contributed by atoms with van der Waals surface area (Å²) in [6.45, 7) is 0.00422. The molecular weight excluding hydrogens is 335 g/mol. The van der Waals surface area contributed by atoms with Crippen molar-refractivity contribution in [3.8, 4) is 0 Å². The Labute approximate surface area is 123 Å². The molecule has 1 aromatic rings. The maximum absolute atomic E-state index is 13.4. The van der Waals surface area contributed by atoms with E-state index in [1.54, 1.807) is 0 Å². The number of benzene rings is 1. The fraction of sp³-hybridized carbons (Fsp3) is 0.333. The Morgan fingerprint density at radius 3 is 2.80 bits per heavy atom. The first-order valence-corrected chi connectivity index (χ1v) is 6.46. The first-order valence-electron chi connectivity index (χ1n) is 5.67. The topological polar surface area (TPSA) is 87.7 Å². The quantitative estimate of drug-likeness (QED) is 0.735. The minimum absolute atomic E-state index is 0.00422. The lowest BCUT2D eigenvalue weighted by atomic mass is 10.2. The third-order valence-electron chi connectivity index (χ3n) is 2.40. The molecule has 0 spiro atoms. The summed E-state index contributed by atoms with van der Waals surface area (Å²) in [5.74, 6) is -1.60. The van der Waals surface area contributed by atoms with Crippen LogP contribution in [0.25, 0.3) is 0 Å². The van der Waals surface area contributed by atoms with Crippen LogP contribution < -0.4 is 10.6 Å². The highest BCUT2D eigenvalue weighted by atomic mass is 79.9. The molecule has 0 fully saturated rings. The number of urea groups is 1. The zero-order chi connectivity index (χ0) is 15.1. The van der Waals surface area contributed by atoms with Crippen LogP contribution in [0.3, 0.4) is 0 Å². The second-order valence-corrected chi connectivity index (χ2v) is 4.83. The smallest absolute Gasteiger partial charge is 0.319 e. The number of anilines is 1.